The summed E-state index contributed by atoms with van der Waals surface area (Å²) >= 11 is 8.83. The minimum absolute atomic E-state index is 0.0798. The number of hydrogen-bond donors (Lipinski definition) is 1. The number of thiazole rings is 1. The number of amides is 1. The average molecular weight is 363 g/mol. The Labute approximate surface area is 148 Å². The Morgan fingerprint density at radius 1 is 1.17 bits per heavy atom. The lowest BCUT2D eigenvalue weighted by atomic mass is 10.2. The van der Waals surface area contributed by atoms with Gasteiger partial charge in [0.2, 0.25) is 0 Å². The number of nitrogens with one attached hydrogen (secondary N) is 1. The summed E-state index contributed by atoms with van der Waals surface area (Å²) in [6.07, 6.45) is 0.750. The number of carbonyl (C=O) groups excluding carboxylic acids is 1. The van der Waals surface area contributed by atoms with Crippen LogP contribution in [-0.4, -0.2) is 10.9 Å². The molecule has 0 saturated carbocycles. The first kappa shape index (κ1) is 16.2. The fourth-order valence-electron chi connectivity index (χ4n) is 2.20. The first-order valence-corrected chi connectivity index (χ1v) is 9.15. The molecule has 0 bridgehead atoms. The van der Waals surface area contributed by atoms with E-state index in [1.807, 2.05) is 37.3 Å². The summed E-state index contributed by atoms with van der Waals surface area (Å²) in [4.78, 5) is 18.6. The lowest BCUT2D eigenvalue weighted by molar-refractivity contribution is 0.0954. The molecule has 118 valence electrons. The summed E-state index contributed by atoms with van der Waals surface area (Å²) in [5.74, 6) is -0.0798. The second-order valence-electron chi connectivity index (χ2n) is 5.07. The van der Waals surface area contributed by atoms with Crippen molar-refractivity contribution in [1.82, 2.24) is 10.3 Å². The Balaban J connectivity index is 1.66. The van der Waals surface area contributed by atoms with Crippen LogP contribution in [0.25, 0.3) is 0 Å². The molecule has 0 aliphatic rings. The zero-order valence-electron chi connectivity index (χ0n) is 12.5. The van der Waals surface area contributed by atoms with E-state index in [1.54, 1.807) is 0 Å². The largest absolute Gasteiger partial charge is 0.346 e. The maximum Gasteiger partial charge on any atom is 0.263 e. The van der Waals surface area contributed by atoms with Crippen LogP contribution in [0.5, 0.6) is 0 Å². The third-order valence-corrected chi connectivity index (χ3v) is 5.68. The smallest absolute Gasteiger partial charge is 0.263 e. The van der Waals surface area contributed by atoms with Crippen molar-refractivity contribution in [2.45, 2.75) is 19.9 Å². The number of hydrogen-bond acceptors (Lipinski definition) is 4. The Morgan fingerprint density at radius 3 is 2.65 bits per heavy atom. The SMILES string of the molecule is Cc1nc(Cc2ccccc2)sc1C(=O)NCc1ccc(Cl)s1. The van der Waals surface area contributed by atoms with Crippen LogP contribution in [0, 0.1) is 6.92 Å². The van der Waals surface area contributed by atoms with E-state index < -0.39 is 0 Å². The van der Waals surface area contributed by atoms with Crippen molar-refractivity contribution in [3.8, 4) is 0 Å². The molecule has 2 aromatic heterocycles. The molecular weight excluding hydrogens is 348 g/mol. The number of aryl methyl sites for hydroxylation is 1. The molecule has 6 heteroatoms. The van der Waals surface area contributed by atoms with E-state index in [4.69, 9.17) is 11.6 Å². The molecule has 0 spiro atoms. The van der Waals surface area contributed by atoms with Gasteiger partial charge in [0.15, 0.2) is 0 Å². The van der Waals surface area contributed by atoms with E-state index >= 15 is 0 Å². The van der Waals surface area contributed by atoms with Crippen molar-refractivity contribution in [2.24, 2.45) is 0 Å². The van der Waals surface area contributed by atoms with E-state index in [0.29, 0.717) is 11.4 Å². The number of carbonyl (C=O) groups is 1. The number of halogens is 1. The zero-order valence-corrected chi connectivity index (χ0v) is 14.9. The summed E-state index contributed by atoms with van der Waals surface area (Å²) in [5, 5.41) is 3.89. The highest BCUT2D eigenvalue weighted by Crippen LogP contribution is 2.23. The van der Waals surface area contributed by atoms with Crippen LogP contribution in [0.4, 0.5) is 0 Å². The van der Waals surface area contributed by atoms with Gasteiger partial charge in [0.25, 0.3) is 5.91 Å². The maximum atomic E-state index is 12.3. The molecule has 1 aromatic carbocycles. The highest BCUT2D eigenvalue weighted by atomic mass is 35.5. The normalized spacial score (nSPS) is 10.7. The highest BCUT2D eigenvalue weighted by Gasteiger charge is 2.15. The van der Waals surface area contributed by atoms with Gasteiger partial charge >= 0.3 is 0 Å². The monoisotopic (exact) mass is 362 g/mol. The average Bonchev–Trinajstić information content (AvgIpc) is 3.12. The lowest BCUT2D eigenvalue weighted by Crippen LogP contribution is -2.22. The lowest BCUT2D eigenvalue weighted by Gasteiger charge is -2.01. The molecule has 0 aliphatic carbocycles. The van der Waals surface area contributed by atoms with Crippen LogP contribution in [0.2, 0.25) is 4.34 Å². The topological polar surface area (TPSA) is 42.0 Å². The molecule has 0 radical (unpaired) electrons. The fourth-order valence-corrected chi connectivity index (χ4v) is 4.25. The van der Waals surface area contributed by atoms with Gasteiger partial charge in [0.05, 0.1) is 21.6 Å². The second-order valence-corrected chi connectivity index (χ2v) is 7.96. The summed E-state index contributed by atoms with van der Waals surface area (Å²) in [6.45, 7) is 2.36. The van der Waals surface area contributed by atoms with Crippen LogP contribution in [0.15, 0.2) is 42.5 Å². The molecule has 2 heterocycles. The quantitative estimate of drug-likeness (QED) is 0.715. The van der Waals surface area contributed by atoms with Crippen molar-refractivity contribution < 1.29 is 4.79 Å². The van der Waals surface area contributed by atoms with Crippen molar-refractivity contribution in [3.05, 3.63) is 72.8 Å². The molecule has 0 saturated heterocycles. The molecule has 23 heavy (non-hydrogen) atoms. The van der Waals surface area contributed by atoms with Crippen molar-refractivity contribution in [1.29, 1.82) is 0 Å². The van der Waals surface area contributed by atoms with Crippen LogP contribution < -0.4 is 5.32 Å². The minimum Gasteiger partial charge on any atom is -0.346 e. The van der Waals surface area contributed by atoms with Gasteiger partial charge in [-0.15, -0.1) is 22.7 Å². The van der Waals surface area contributed by atoms with Crippen molar-refractivity contribution >= 4 is 40.2 Å². The number of nitrogens with zero attached hydrogens (tertiary/aromatic N) is 1. The predicted molar refractivity (Wildman–Crippen MR) is 96.6 cm³/mol. The fraction of sp³-hybridized carbons (Fsp3) is 0.176. The molecule has 1 N–H and O–H groups in total. The van der Waals surface area contributed by atoms with Gasteiger partial charge in [-0.25, -0.2) is 4.98 Å². The highest BCUT2D eigenvalue weighted by molar-refractivity contribution is 7.16. The third kappa shape index (κ3) is 4.19. The maximum absolute atomic E-state index is 12.3. The summed E-state index contributed by atoms with van der Waals surface area (Å²) in [7, 11) is 0. The minimum atomic E-state index is -0.0798. The standard InChI is InChI=1S/C17H15ClN2OS2/c1-11-16(17(21)19-10-13-7-8-14(18)22-13)23-15(20-11)9-12-5-3-2-4-6-12/h2-8H,9-10H2,1H3,(H,19,21). The number of rotatable bonds is 5. The van der Waals surface area contributed by atoms with Crippen molar-refractivity contribution in [3.63, 3.8) is 0 Å². The van der Waals surface area contributed by atoms with Gasteiger partial charge < -0.3 is 5.32 Å². The van der Waals surface area contributed by atoms with E-state index in [1.165, 1.54) is 28.2 Å². The molecule has 0 fully saturated rings. The molecule has 0 atom stereocenters. The summed E-state index contributed by atoms with van der Waals surface area (Å²) < 4.78 is 0.730. The number of aromatic nitrogens is 1. The van der Waals surface area contributed by atoms with Crippen LogP contribution in [0.1, 0.15) is 30.8 Å². The molecule has 0 unspecified atom stereocenters. The van der Waals surface area contributed by atoms with Gasteiger partial charge in [0.1, 0.15) is 4.88 Å². The van der Waals surface area contributed by atoms with Crippen LogP contribution >= 0.6 is 34.3 Å². The Morgan fingerprint density at radius 2 is 1.96 bits per heavy atom. The Bertz CT molecular complexity index is 811. The summed E-state index contributed by atoms with van der Waals surface area (Å²) in [5.41, 5.74) is 1.98. The molecule has 3 aromatic rings. The van der Waals surface area contributed by atoms with E-state index in [2.05, 4.69) is 22.4 Å². The molecule has 0 aliphatic heterocycles. The van der Waals surface area contributed by atoms with Gasteiger partial charge in [-0.05, 0) is 24.6 Å². The van der Waals surface area contributed by atoms with Gasteiger partial charge in [-0.2, -0.15) is 0 Å². The molecule has 1 amide bonds. The Kier molecular flexibility index (Phi) is 5.10. The van der Waals surface area contributed by atoms with Gasteiger partial charge in [-0.3, -0.25) is 4.79 Å². The number of thiophene rings is 1. The van der Waals surface area contributed by atoms with E-state index in [9.17, 15) is 4.79 Å². The first-order chi connectivity index (χ1) is 11.1. The molecule has 3 nitrogen and oxygen atoms in total. The first-order valence-electron chi connectivity index (χ1n) is 7.14. The molecule has 3 rings (SSSR count). The second kappa shape index (κ2) is 7.25. The van der Waals surface area contributed by atoms with Crippen molar-refractivity contribution in [2.75, 3.05) is 0 Å². The summed E-state index contributed by atoms with van der Waals surface area (Å²) in [6, 6.07) is 13.9. The van der Waals surface area contributed by atoms with E-state index in [-0.39, 0.29) is 5.91 Å². The number of benzene rings is 1. The van der Waals surface area contributed by atoms with Gasteiger partial charge in [0, 0.05) is 11.3 Å². The van der Waals surface area contributed by atoms with Gasteiger partial charge in [-0.1, -0.05) is 41.9 Å². The van der Waals surface area contributed by atoms with Crippen LogP contribution in [-0.2, 0) is 13.0 Å². The Hall–Kier alpha value is -1.69. The molecular formula is C17H15ClN2OS2. The third-order valence-electron chi connectivity index (χ3n) is 3.30. The van der Waals surface area contributed by atoms with Crippen LogP contribution in [0.3, 0.4) is 0 Å². The predicted octanol–water partition coefficient (Wildman–Crippen LogP) is 4.69. The zero-order chi connectivity index (χ0) is 16.2. The van der Waals surface area contributed by atoms with E-state index in [0.717, 1.165) is 26.3 Å².